The zero-order chi connectivity index (χ0) is 15.1. The van der Waals surface area contributed by atoms with Crippen molar-refractivity contribution in [3.8, 4) is 0 Å². The molecule has 1 aromatic carbocycles. The summed E-state index contributed by atoms with van der Waals surface area (Å²) in [6.45, 7) is 1.86. The van der Waals surface area contributed by atoms with E-state index in [-0.39, 0.29) is 17.7 Å². The number of fused-ring (bicyclic) bond motifs is 2. The van der Waals surface area contributed by atoms with Crippen LogP contribution in [-0.2, 0) is 9.59 Å². The van der Waals surface area contributed by atoms with Crippen molar-refractivity contribution in [1.29, 1.82) is 0 Å². The first-order valence-corrected chi connectivity index (χ1v) is 7.34. The molecular weight excluding hydrogens is 290 g/mol. The number of amides is 1. The lowest BCUT2D eigenvalue weighted by atomic mass is 9.82. The molecule has 2 aliphatic carbocycles. The zero-order valence-corrected chi connectivity index (χ0v) is 12.3. The summed E-state index contributed by atoms with van der Waals surface area (Å²) < 4.78 is 0. The molecule has 4 nitrogen and oxygen atoms in total. The summed E-state index contributed by atoms with van der Waals surface area (Å²) in [7, 11) is 0. The number of benzene rings is 1. The molecule has 0 unspecified atom stereocenters. The lowest BCUT2D eigenvalue weighted by molar-refractivity contribution is -0.146. The molecule has 0 heterocycles. The van der Waals surface area contributed by atoms with Gasteiger partial charge in [-0.1, -0.05) is 35.9 Å². The van der Waals surface area contributed by atoms with E-state index in [1.54, 1.807) is 6.07 Å². The third kappa shape index (κ3) is 2.33. The largest absolute Gasteiger partial charge is 0.481 e. The zero-order valence-electron chi connectivity index (χ0n) is 11.5. The Morgan fingerprint density at radius 2 is 1.90 bits per heavy atom. The maximum atomic E-state index is 12.6. The van der Waals surface area contributed by atoms with Gasteiger partial charge < -0.3 is 10.4 Å². The molecule has 1 amide bonds. The van der Waals surface area contributed by atoms with Crippen LogP contribution in [0.3, 0.4) is 0 Å². The van der Waals surface area contributed by atoms with Crippen molar-refractivity contribution in [1.82, 2.24) is 0 Å². The molecule has 1 aromatic rings. The van der Waals surface area contributed by atoms with E-state index in [4.69, 9.17) is 11.6 Å². The fraction of sp³-hybridized carbons (Fsp3) is 0.375. The maximum Gasteiger partial charge on any atom is 0.307 e. The smallest absolute Gasteiger partial charge is 0.307 e. The highest BCUT2D eigenvalue weighted by Crippen LogP contribution is 2.48. The van der Waals surface area contributed by atoms with Crippen molar-refractivity contribution < 1.29 is 14.7 Å². The predicted octanol–water partition coefficient (Wildman–Crippen LogP) is 3.11. The number of hydrogen-bond donors (Lipinski definition) is 2. The van der Waals surface area contributed by atoms with Crippen LogP contribution in [0.15, 0.2) is 30.4 Å². The van der Waals surface area contributed by atoms with Gasteiger partial charge >= 0.3 is 5.97 Å². The van der Waals surface area contributed by atoms with Crippen molar-refractivity contribution in [2.24, 2.45) is 23.7 Å². The van der Waals surface area contributed by atoms with E-state index in [1.165, 1.54) is 0 Å². The van der Waals surface area contributed by atoms with Gasteiger partial charge in [0.1, 0.15) is 0 Å². The maximum absolute atomic E-state index is 12.6. The number of anilines is 1. The van der Waals surface area contributed by atoms with Gasteiger partial charge in [0.15, 0.2) is 0 Å². The second-order valence-electron chi connectivity index (χ2n) is 5.76. The van der Waals surface area contributed by atoms with Gasteiger partial charge in [-0.15, -0.1) is 0 Å². The van der Waals surface area contributed by atoms with Crippen LogP contribution in [0.4, 0.5) is 5.69 Å². The Hall–Kier alpha value is -1.81. The molecule has 0 aromatic heterocycles. The number of carboxylic acids is 1. The number of allylic oxidation sites excluding steroid dienone is 2. The van der Waals surface area contributed by atoms with E-state index in [2.05, 4.69) is 5.32 Å². The van der Waals surface area contributed by atoms with Gasteiger partial charge in [-0.3, -0.25) is 9.59 Å². The Morgan fingerprint density at radius 1 is 1.24 bits per heavy atom. The summed E-state index contributed by atoms with van der Waals surface area (Å²) in [6, 6.07) is 5.38. The number of carbonyl (C=O) groups is 2. The number of carboxylic acid groups (broad SMARTS) is 1. The first-order valence-electron chi connectivity index (χ1n) is 6.96. The Labute approximate surface area is 127 Å². The quantitative estimate of drug-likeness (QED) is 0.843. The van der Waals surface area contributed by atoms with E-state index in [0.29, 0.717) is 10.7 Å². The Balaban J connectivity index is 1.85. The van der Waals surface area contributed by atoms with Crippen LogP contribution in [0.2, 0.25) is 5.02 Å². The highest BCUT2D eigenvalue weighted by atomic mass is 35.5. The van der Waals surface area contributed by atoms with E-state index in [0.717, 1.165) is 12.0 Å². The first-order chi connectivity index (χ1) is 9.99. The van der Waals surface area contributed by atoms with E-state index < -0.39 is 17.8 Å². The molecule has 3 rings (SSSR count). The second kappa shape index (κ2) is 5.19. The summed E-state index contributed by atoms with van der Waals surface area (Å²) in [5.41, 5.74) is 1.43. The van der Waals surface area contributed by atoms with Gasteiger partial charge in [0.25, 0.3) is 0 Å². The van der Waals surface area contributed by atoms with Crippen LogP contribution < -0.4 is 5.32 Å². The number of para-hydroxylation sites is 1. The van der Waals surface area contributed by atoms with Crippen molar-refractivity contribution in [2.45, 2.75) is 13.3 Å². The minimum Gasteiger partial charge on any atom is -0.481 e. The predicted molar refractivity (Wildman–Crippen MR) is 80.2 cm³/mol. The third-order valence-corrected chi connectivity index (χ3v) is 4.83. The van der Waals surface area contributed by atoms with Crippen molar-refractivity contribution in [3.05, 3.63) is 40.9 Å². The third-order valence-electron chi connectivity index (χ3n) is 4.52. The molecule has 21 heavy (non-hydrogen) atoms. The molecule has 4 atom stereocenters. The summed E-state index contributed by atoms with van der Waals surface area (Å²) in [6.07, 6.45) is 4.64. The number of nitrogens with one attached hydrogen (secondary N) is 1. The number of aliphatic carboxylic acids is 1. The van der Waals surface area contributed by atoms with Crippen LogP contribution in [0.25, 0.3) is 0 Å². The lowest BCUT2D eigenvalue weighted by Crippen LogP contribution is -2.36. The molecule has 2 aliphatic rings. The van der Waals surface area contributed by atoms with Crippen LogP contribution in [-0.4, -0.2) is 17.0 Å². The van der Waals surface area contributed by atoms with E-state index in [1.807, 2.05) is 31.2 Å². The molecule has 0 saturated heterocycles. The highest BCUT2D eigenvalue weighted by Gasteiger charge is 2.51. The normalized spacial score (nSPS) is 29.6. The summed E-state index contributed by atoms with van der Waals surface area (Å²) >= 11 is 6.11. The van der Waals surface area contributed by atoms with Gasteiger partial charge in [0, 0.05) is 0 Å². The molecular formula is C16H16ClNO3. The number of hydrogen-bond acceptors (Lipinski definition) is 2. The van der Waals surface area contributed by atoms with Gasteiger partial charge in [-0.25, -0.2) is 0 Å². The molecule has 2 bridgehead atoms. The average Bonchev–Trinajstić information content (AvgIpc) is 3.03. The van der Waals surface area contributed by atoms with Crippen LogP contribution in [0.1, 0.15) is 12.0 Å². The number of carbonyl (C=O) groups excluding carboxylic acids is 1. The second-order valence-corrected chi connectivity index (χ2v) is 6.17. The fourth-order valence-corrected chi connectivity index (χ4v) is 3.78. The van der Waals surface area contributed by atoms with Crippen LogP contribution in [0.5, 0.6) is 0 Å². The van der Waals surface area contributed by atoms with Crippen LogP contribution in [0, 0.1) is 30.6 Å². The standard InChI is InChI=1S/C16H16ClNO3/c1-8-3-2-4-11(17)14(8)18-15(19)12-9-5-6-10(7-9)13(12)16(20)21/h2-6,9-10,12-13H,7H2,1H3,(H,18,19)(H,20,21)/t9-,10+,12-,13+/m1/s1. The summed E-state index contributed by atoms with van der Waals surface area (Å²) in [5, 5.41) is 12.7. The molecule has 0 spiro atoms. The van der Waals surface area contributed by atoms with E-state index >= 15 is 0 Å². The molecule has 0 radical (unpaired) electrons. The topological polar surface area (TPSA) is 66.4 Å². The first kappa shape index (κ1) is 14.1. The molecule has 2 N–H and O–H groups in total. The summed E-state index contributed by atoms with van der Waals surface area (Å²) in [4.78, 5) is 24.0. The molecule has 1 fully saturated rings. The average molecular weight is 306 g/mol. The Kier molecular flexibility index (Phi) is 3.49. The van der Waals surface area contributed by atoms with Crippen molar-refractivity contribution >= 4 is 29.2 Å². The monoisotopic (exact) mass is 305 g/mol. The molecule has 5 heteroatoms. The van der Waals surface area contributed by atoms with Gasteiger partial charge in [0.2, 0.25) is 5.91 Å². The number of rotatable bonds is 3. The van der Waals surface area contributed by atoms with Crippen molar-refractivity contribution in [3.63, 3.8) is 0 Å². The Bertz CT molecular complexity index is 620. The van der Waals surface area contributed by atoms with Gasteiger partial charge in [0.05, 0.1) is 22.5 Å². The van der Waals surface area contributed by atoms with Crippen molar-refractivity contribution in [2.75, 3.05) is 5.32 Å². The molecule has 0 aliphatic heterocycles. The van der Waals surface area contributed by atoms with Gasteiger partial charge in [-0.2, -0.15) is 0 Å². The Morgan fingerprint density at radius 3 is 2.52 bits per heavy atom. The van der Waals surface area contributed by atoms with E-state index in [9.17, 15) is 14.7 Å². The highest BCUT2D eigenvalue weighted by molar-refractivity contribution is 6.34. The fourth-order valence-electron chi connectivity index (χ4n) is 3.51. The summed E-state index contributed by atoms with van der Waals surface area (Å²) in [5.74, 6) is -2.33. The lowest BCUT2D eigenvalue weighted by Gasteiger charge is -2.24. The molecule has 110 valence electrons. The van der Waals surface area contributed by atoms with Gasteiger partial charge in [-0.05, 0) is 36.8 Å². The number of halogens is 1. The molecule has 1 saturated carbocycles. The SMILES string of the molecule is Cc1cccc(Cl)c1NC(=O)[C@H]1[C@@H](C(=O)O)[C@H]2C=C[C@@H]1C2. The minimum atomic E-state index is -0.900. The number of aryl methyl sites for hydroxylation is 1. The van der Waals surface area contributed by atoms with Crippen LogP contribution >= 0.6 is 11.6 Å². The minimum absolute atomic E-state index is 0.0129.